The summed E-state index contributed by atoms with van der Waals surface area (Å²) < 4.78 is 73.0. The molecule has 0 aromatic carbocycles. The average molecular weight is 1170 g/mol. The fraction of sp³-hybridized carbons (Fsp3) is 0.821. The summed E-state index contributed by atoms with van der Waals surface area (Å²) in [7, 11) is -2.99. The molecule has 0 saturated carbocycles. The Hall–Kier alpha value is -3.28. The first-order chi connectivity index (χ1) is 38.5. The summed E-state index contributed by atoms with van der Waals surface area (Å²) in [4.78, 5) is 75.1. The van der Waals surface area contributed by atoms with Crippen LogP contribution in [0.4, 0.5) is 0 Å². The van der Waals surface area contributed by atoms with Crippen molar-refractivity contribution in [2.24, 2.45) is 0 Å². The summed E-state index contributed by atoms with van der Waals surface area (Å²) in [6.45, 7) is 7.19. The largest absolute Gasteiger partial charge is 0.474 e. The zero-order chi connectivity index (χ0) is 57.7. The molecular formula is C56H100N3O18PS. The van der Waals surface area contributed by atoms with Crippen LogP contribution in [0.2, 0.25) is 0 Å². The van der Waals surface area contributed by atoms with Gasteiger partial charge in [0.1, 0.15) is 13.2 Å². The topological polar surface area (TPSA) is 248 Å². The Morgan fingerprint density at radius 1 is 0.582 bits per heavy atom. The number of likely N-dealkylation sites (tertiary alicyclic amines) is 1. The smallest absolute Gasteiger partial charge is 0.462 e. The fourth-order valence-electron chi connectivity index (χ4n) is 7.52. The summed E-state index contributed by atoms with van der Waals surface area (Å²) in [5.41, 5.74) is 0. The van der Waals surface area contributed by atoms with Gasteiger partial charge in [-0.25, -0.2) is 4.57 Å². The maximum atomic E-state index is 13.3. The van der Waals surface area contributed by atoms with Crippen molar-refractivity contribution in [3.8, 4) is 0 Å². The van der Waals surface area contributed by atoms with Crippen LogP contribution >= 0.6 is 19.6 Å². The van der Waals surface area contributed by atoms with Gasteiger partial charge in [-0.05, 0) is 57.6 Å². The standard InChI is InChI=1S/C56H100N3O18PS/c1-5-7-9-11-13-15-17-19-21-23-25-27-54(63)74-46-49(77-55(64)28-26-24-22-20-18-16-14-12-10-8-6-2)47-76-78(66,67-3)75-34-31-58-52(61)48-73-44-43-72-42-41-71-40-39-70-38-37-69-36-35-68-33-30-57-51(60)29-32-59-53(62)45-50(79-4)56(59)65/h9-12,49-50H,5-8,13-48H2,1-4H3,(H,57,60)(H,58,61)/b11-9+,12-10+. The third kappa shape index (κ3) is 44.0. The number of nitrogens with zero attached hydrogens (tertiary/aromatic N) is 1. The van der Waals surface area contributed by atoms with Crippen LogP contribution in [-0.4, -0.2) is 184 Å². The van der Waals surface area contributed by atoms with Crippen LogP contribution in [-0.2, 0) is 84.8 Å². The van der Waals surface area contributed by atoms with E-state index in [1.807, 2.05) is 0 Å². The molecule has 0 spiro atoms. The van der Waals surface area contributed by atoms with E-state index in [1.54, 1.807) is 6.26 Å². The highest BCUT2D eigenvalue weighted by Gasteiger charge is 2.38. The van der Waals surface area contributed by atoms with Crippen LogP contribution in [0.15, 0.2) is 24.3 Å². The van der Waals surface area contributed by atoms with Gasteiger partial charge < -0.3 is 48.5 Å². The van der Waals surface area contributed by atoms with Crippen molar-refractivity contribution < 1.29 is 84.8 Å². The molecular weight excluding hydrogens is 1070 g/mol. The first-order valence-corrected chi connectivity index (χ1v) is 31.7. The molecule has 4 amide bonds. The minimum absolute atomic E-state index is 0.0250. The van der Waals surface area contributed by atoms with E-state index in [9.17, 15) is 33.3 Å². The first kappa shape index (κ1) is 73.7. The lowest BCUT2D eigenvalue weighted by Gasteiger charge is -2.21. The molecule has 1 saturated heterocycles. The lowest BCUT2D eigenvalue weighted by atomic mass is 10.1. The number of allylic oxidation sites excluding steroid dienone is 4. The Balaban J connectivity index is 2.18. The van der Waals surface area contributed by atoms with Gasteiger partial charge in [0.2, 0.25) is 23.6 Å². The summed E-state index contributed by atoms with van der Waals surface area (Å²) in [5, 5.41) is 4.96. The molecule has 1 fully saturated rings. The second kappa shape index (κ2) is 52.8. The first-order valence-electron chi connectivity index (χ1n) is 28.9. The molecule has 3 unspecified atom stereocenters. The third-order valence-electron chi connectivity index (χ3n) is 12.0. The number of esters is 2. The monoisotopic (exact) mass is 1170 g/mol. The van der Waals surface area contributed by atoms with E-state index in [1.165, 1.54) is 24.6 Å². The van der Waals surface area contributed by atoms with Gasteiger partial charge >= 0.3 is 19.8 Å². The van der Waals surface area contributed by atoms with Crippen LogP contribution in [0.1, 0.15) is 155 Å². The normalized spacial score (nSPS) is 14.8. The summed E-state index contributed by atoms with van der Waals surface area (Å²) in [6, 6.07) is 0. The van der Waals surface area contributed by atoms with Gasteiger partial charge in [0.05, 0.1) is 91.1 Å². The van der Waals surface area contributed by atoms with Crippen molar-refractivity contribution in [1.29, 1.82) is 0 Å². The highest BCUT2D eigenvalue weighted by atomic mass is 32.2. The molecule has 21 nitrogen and oxygen atoms in total. The fourth-order valence-corrected chi connectivity index (χ4v) is 9.10. The molecule has 0 radical (unpaired) electrons. The van der Waals surface area contributed by atoms with E-state index < -0.39 is 38.4 Å². The molecule has 1 rings (SSSR count). The molecule has 458 valence electrons. The highest BCUT2D eigenvalue weighted by Crippen LogP contribution is 2.48. The number of hydrogen-bond acceptors (Lipinski definition) is 19. The molecule has 1 aliphatic rings. The number of rotatable bonds is 57. The number of carbonyl (C=O) groups is 6. The minimum atomic E-state index is -4.15. The molecule has 1 aliphatic heterocycles. The third-order valence-corrected chi connectivity index (χ3v) is 14.4. The molecule has 0 aliphatic carbocycles. The Kier molecular flexibility index (Phi) is 49.3. The van der Waals surface area contributed by atoms with Crippen LogP contribution in [0.3, 0.4) is 0 Å². The Labute approximate surface area is 476 Å². The van der Waals surface area contributed by atoms with Gasteiger partial charge in [-0.1, -0.05) is 102 Å². The number of phosphoric acid groups is 1. The molecule has 79 heavy (non-hydrogen) atoms. The average Bonchev–Trinajstić information content (AvgIpc) is 3.73. The number of nitrogens with one attached hydrogen (secondary N) is 2. The van der Waals surface area contributed by atoms with Crippen molar-refractivity contribution in [3.05, 3.63) is 24.3 Å². The summed E-state index contributed by atoms with van der Waals surface area (Å²) in [6.07, 6.45) is 29.2. The maximum Gasteiger partial charge on any atom is 0.474 e. The molecule has 3 atom stereocenters. The Bertz CT molecular complexity index is 1700. The highest BCUT2D eigenvalue weighted by molar-refractivity contribution is 8.00. The zero-order valence-corrected chi connectivity index (χ0v) is 50.1. The lowest BCUT2D eigenvalue weighted by Crippen LogP contribution is -2.36. The molecule has 23 heteroatoms. The predicted molar refractivity (Wildman–Crippen MR) is 304 cm³/mol. The summed E-state index contributed by atoms with van der Waals surface area (Å²) in [5.74, 6) is -2.04. The van der Waals surface area contributed by atoms with Gasteiger partial charge in [-0.15, -0.1) is 0 Å². The van der Waals surface area contributed by atoms with E-state index >= 15 is 0 Å². The van der Waals surface area contributed by atoms with Crippen molar-refractivity contribution >= 4 is 55.2 Å². The van der Waals surface area contributed by atoms with Crippen LogP contribution in [0.25, 0.3) is 0 Å². The van der Waals surface area contributed by atoms with Gasteiger partial charge in [0.25, 0.3) is 0 Å². The number of carbonyl (C=O) groups excluding carboxylic acids is 6. The van der Waals surface area contributed by atoms with Crippen LogP contribution < -0.4 is 10.6 Å². The van der Waals surface area contributed by atoms with E-state index in [4.69, 9.17) is 51.5 Å². The van der Waals surface area contributed by atoms with Gasteiger partial charge in [0.15, 0.2) is 6.10 Å². The molecule has 1 heterocycles. The van der Waals surface area contributed by atoms with Crippen molar-refractivity contribution in [1.82, 2.24) is 15.5 Å². The van der Waals surface area contributed by atoms with E-state index in [2.05, 4.69) is 48.8 Å². The summed E-state index contributed by atoms with van der Waals surface area (Å²) >= 11 is 1.34. The van der Waals surface area contributed by atoms with Crippen molar-refractivity contribution in [2.45, 2.75) is 166 Å². The Morgan fingerprint density at radius 2 is 1.05 bits per heavy atom. The van der Waals surface area contributed by atoms with Crippen LogP contribution in [0, 0.1) is 0 Å². The Morgan fingerprint density at radius 3 is 1.57 bits per heavy atom. The van der Waals surface area contributed by atoms with Gasteiger partial charge in [-0.3, -0.25) is 47.2 Å². The minimum Gasteiger partial charge on any atom is -0.462 e. The maximum absolute atomic E-state index is 13.3. The number of phosphoric ester groups is 1. The number of amides is 4. The quantitative estimate of drug-likeness (QED) is 0.0191. The number of hydrogen-bond donors (Lipinski definition) is 2. The molecule has 2 N–H and O–H groups in total. The van der Waals surface area contributed by atoms with Crippen LogP contribution in [0.5, 0.6) is 0 Å². The van der Waals surface area contributed by atoms with E-state index in [0.29, 0.717) is 78.8 Å². The SMILES string of the molecule is CCC/C=C/CCCCCCCCC(=O)OCC(COP(=O)(OC)OCCNC(=O)COCCOCCOCCOCCOCCOCCNC(=O)CCN1C(=O)CC(SC)C1=O)OC(=O)CCCCCCCC/C=C/CCC. The number of imide groups is 1. The number of thioether (sulfide) groups is 1. The predicted octanol–water partition coefficient (Wildman–Crippen LogP) is 8.40. The second-order valence-corrected chi connectivity index (χ2v) is 21.6. The van der Waals surface area contributed by atoms with E-state index in [-0.39, 0.29) is 94.8 Å². The second-order valence-electron chi connectivity index (χ2n) is 18.8. The van der Waals surface area contributed by atoms with Crippen molar-refractivity contribution in [3.63, 3.8) is 0 Å². The molecule has 0 aromatic heterocycles. The van der Waals surface area contributed by atoms with E-state index in [0.717, 1.165) is 102 Å². The lowest BCUT2D eigenvalue weighted by molar-refractivity contribution is -0.161. The van der Waals surface area contributed by atoms with Gasteiger partial charge in [0, 0.05) is 52.4 Å². The molecule has 0 aromatic rings. The van der Waals surface area contributed by atoms with Crippen molar-refractivity contribution in [2.75, 3.05) is 132 Å². The molecule has 0 bridgehead atoms. The van der Waals surface area contributed by atoms with Gasteiger partial charge in [-0.2, -0.15) is 11.8 Å². The zero-order valence-electron chi connectivity index (χ0n) is 48.4. The number of ether oxygens (including phenoxy) is 8. The number of unbranched alkanes of at least 4 members (excludes halogenated alkanes) is 14.